The van der Waals surface area contributed by atoms with E-state index in [4.69, 9.17) is 4.74 Å². The zero-order chi connectivity index (χ0) is 13.3. The van der Waals surface area contributed by atoms with E-state index in [9.17, 15) is 4.79 Å². The Labute approximate surface area is 114 Å². The molecule has 0 radical (unpaired) electrons. The van der Waals surface area contributed by atoms with Crippen LogP contribution in [0.1, 0.15) is 62.2 Å². The number of rotatable bonds is 3. The zero-order valence-corrected chi connectivity index (χ0v) is 11.7. The van der Waals surface area contributed by atoms with Crippen LogP contribution in [0.5, 0.6) is 0 Å². The summed E-state index contributed by atoms with van der Waals surface area (Å²) >= 11 is 0. The lowest BCUT2D eigenvalue weighted by Gasteiger charge is -2.33. The molecule has 0 bridgehead atoms. The molecule has 0 N–H and O–H groups in total. The molecule has 1 unspecified atom stereocenters. The zero-order valence-electron chi connectivity index (χ0n) is 11.7. The molecule has 1 spiro atoms. The largest absolute Gasteiger partial charge is 0.370 e. The summed E-state index contributed by atoms with van der Waals surface area (Å²) in [5.41, 5.74) is 0.991. The molecule has 3 heteroatoms. The quantitative estimate of drug-likeness (QED) is 0.779. The fourth-order valence-corrected chi connectivity index (χ4v) is 3.59. The number of ether oxygens (including phenoxy) is 1. The Morgan fingerprint density at radius 1 is 1.37 bits per heavy atom. The minimum absolute atomic E-state index is 0.134. The molecular formula is C16H23NO2. The SMILES string of the molecule is CC(=O)c1ccn(CC2CCC3(CCCCC3)O2)c1. The van der Waals surface area contributed by atoms with Gasteiger partial charge in [-0.2, -0.15) is 0 Å². The van der Waals surface area contributed by atoms with Crippen LogP contribution in [-0.4, -0.2) is 22.1 Å². The summed E-state index contributed by atoms with van der Waals surface area (Å²) in [6.45, 7) is 2.50. The molecule has 1 aromatic rings. The van der Waals surface area contributed by atoms with Crippen LogP contribution in [0.3, 0.4) is 0 Å². The third kappa shape index (κ3) is 2.76. The first-order chi connectivity index (χ1) is 9.17. The van der Waals surface area contributed by atoms with Gasteiger partial charge < -0.3 is 9.30 Å². The number of Topliss-reactive ketones (excluding diaryl/α,β-unsaturated/α-hetero) is 1. The molecule has 1 saturated carbocycles. The lowest BCUT2D eigenvalue weighted by Crippen LogP contribution is -2.32. The Hall–Kier alpha value is -1.09. The minimum Gasteiger partial charge on any atom is -0.370 e. The van der Waals surface area contributed by atoms with Gasteiger partial charge in [0.05, 0.1) is 11.7 Å². The highest BCUT2D eigenvalue weighted by Crippen LogP contribution is 2.42. The maximum absolute atomic E-state index is 11.3. The highest BCUT2D eigenvalue weighted by atomic mass is 16.5. The van der Waals surface area contributed by atoms with Crippen molar-refractivity contribution in [2.24, 2.45) is 0 Å². The molecule has 1 aliphatic carbocycles. The summed E-state index contributed by atoms with van der Waals surface area (Å²) in [5.74, 6) is 0.134. The van der Waals surface area contributed by atoms with Crippen LogP contribution in [0.4, 0.5) is 0 Å². The first-order valence-corrected chi connectivity index (χ1v) is 7.51. The van der Waals surface area contributed by atoms with E-state index < -0.39 is 0 Å². The Balaban J connectivity index is 1.60. The topological polar surface area (TPSA) is 31.2 Å². The van der Waals surface area contributed by atoms with Gasteiger partial charge in [-0.3, -0.25) is 4.79 Å². The molecule has 19 heavy (non-hydrogen) atoms. The van der Waals surface area contributed by atoms with Crippen molar-refractivity contribution >= 4 is 5.78 Å². The molecule has 2 fully saturated rings. The highest BCUT2D eigenvalue weighted by Gasteiger charge is 2.40. The normalized spacial score (nSPS) is 25.8. The molecule has 3 rings (SSSR count). The van der Waals surface area contributed by atoms with Gasteiger partial charge in [0.2, 0.25) is 0 Å². The summed E-state index contributed by atoms with van der Waals surface area (Å²) in [6.07, 6.45) is 13.1. The van der Waals surface area contributed by atoms with Gasteiger partial charge in [-0.1, -0.05) is 19.3 Å². The van der Waals surface area contributed by atoms with E-state index in [1.807, 2.05) is 18.5 Å². The predicted octanol–water partition coefficient (Wildman–Crippen LogP) is 3.57. The molecule has 1 aliphatic heterocycles. The molecule has 2 heterocycles. The van der Waals surface area contributed by atoms with Gasteiger partial charge in [-0.25, -0.2) is 0 Å². The van der Waals surface area contributed by atoms with Crippen molar-refractivity contribution in [1.82, 2.24) is 4.57 Å². The van der Waals surface area contributed by atoms with Gasteiger partial charge in [0.15, 0.2) is 5.78 Å². The predicted molar refractivity (Wildman–Crippen MR) is 74.4 cm³/mol. The smallest absolute Gasteiger partial charge is 0.161 e. The van der Waals surface area contributed by atoms with Crippen molar-refractivity contribution < 1.29 is 9.53 Å². The number of hydrogen-bond acceptors (Lipinski definition) is 2. The van der Waals surface area contributed by atoms with Crippen LogP contribution in [-0.2, 0) is 11.3 Å². The van der Waals surface area contributed by atoms with Crippen LogP contribution in [0.2, 0.25) is 0 Å². The molecule has 0 aromatic carbocycles. The molecule has 2 aliphatic rings. The van der Waals surface area contributed by atoms with E-state index in [0.29, 0.717) is 6.10 Å². The highest BCUT2D eigenvalue weighted by molar-refractivity contribution is 5.93. The number of ketones is 1. The summed E-state index contributed by atoms with van der Waals surface area (Å²) in [4.78, 5) is 11.3. The number of carbonyl (C=O) groups is 1. The van der Waals surface area contributed by atoms with Crippen molar-refractivity contribution in [3.63, 3.8) is 0 Å². The first-order valence-electron chi connectivity index (χ1n) is 7.51. The summed E-state index contributed by atoms with van der Waals surface area (Å²) in [5, 5.41) is 0. The van der Waals surface area contributed by atoms with Crippen LogP contribution in [0.15, 0.2) is 18.5 Å². The monoisotopic (exact) mass is 261 g/mol. The van der Waals surface area contributed by atoms with Gasteiger partial charge in [0.1, 0.15) is 0 Å². The lowest BCUT2D eigenvalue weighted by atomic mass is 9.83. The van der Waals surface area contributed by atoms with Crippen LogP contribution in [0.25, 0.3) is 0 Å². The average molecular weight is 261 g/mol. The molecule has 1 saturated heterocycles. The Kier molecular flexibility index (Phi) is 3.48. The van der Waals surface area contributed by atoms with Gasteiger partial charge in [-0.15, -0.1) is 0 Å². The molecule has 1 aromatic heterocycles. The van der Waals surface area contributed by atoms with Gasteiger partial charge in [-0.05, 0) is 38.7 Å². The summed E-state index contributed by atoms with van der Waals surface area (Å²) < 4.78 is 8.46. The fourth-order valence-electron chi connectivity index (χ4n) is 3.59. The second-order valence-corrected chi connectivity index (χ2v) is 6.18. The number of aromatic nitrogens is 1. The van der Waals surface area contributed by atoms with Crippen molar-refractivity contribution in [2.45, 2.75) is 70.1 Å². The van der Waals surface area contributed by atoms with Gasteiger partial charge in [0, 0.05) is 24.5 Å². The Morgan fingerprint density at radius 3 is 2.84 bits per heavy atom. The second kappa shape index (κ2) is 5.12. The number of carbonyl (C=O) groups excluding carboxylic acids is 1. The van der Waals surface area contributed by atoms with E-state index in [2.05, 4.69) is 4.57 Å². The second-order valence-electron chi connectivity index (χ2n) is 6.18. The maximum atomic E-state index is 11.3. The van der Waals surface area contributed by atoms with E-state index in [1.54, 1.807) is 6.92 Å². The van der Waals surface area contributed by atoms with E-state index in [1.165, 1.54) is 38.5 Å². The van der Waals surface area contributed by atoms with Gasteiger partial charge >= 0.3 is 0 Å². The van der Waals surface area contributed by atoms with Crippen LogP contribution >= 0.6 is 0 Å². The van der Waals surface area contributed by atoms with E-state index in [0.717, 1.165) is 18.5 Å². The van der Waals surface area contributed by atoms with E-state index >= 15 is 0 Å². The minimum atomic E-state index is 0.134. The molecule has 3 nitrogen and oxygen atoms in total. The Bertz CT molecular complexity index is 457. The van der Waals surface area contributed by atoms with E-state index in [-0.39, 0.29) is 11.4 Å². The number of nitrogens with zero attached hydrogens (tertiary/aromatic N) is 1. The average Bonchev–Trinajstić information content (AvgIpc) is 2.99. The third-order valence-corrected chi connectivity index (χ3v) is 4.67. The van der Waals surface area contributed by atoms with Gasteiger partial charge in [0.25, 0.3) is 0 Å². The standard InChI is InChI=1S/C16H23NO2/c1-13(18)14-6-10-17(11-14)12-15-5-9-16(19-15)7-3-2-4-8-16/h6,10-11,15H,2-5,7-9,12H2,1H3. The first kappa shape index (κ1) is 12.9. The number of hydrogen-bond donors (Lipinski definition) is 0. The summed E-state index contributed by atoms with van der Waals surface area (Å²) in [7, 11) is 0. The van der Waals surface area contributed by atoms with Crippen molar-refractivity contribution in [3.8, 4) is 0 Å². The van der Waals surface area contributed by atoms with Crippen molar-refractivity contribution in [3.05, 3.63) is 24.0 Å². The van der Waals surface area contributed by atoms with Crippen molar-refractivity contribution in [1.29, 1.82) is 0 Å². The van der Waals surface area contributed by atoms with Crippen LogP contribution in [0, 0.1) is 0 Å². The lowest BCUT2D eigenvalue weighted by molar-refractivity contribution is -0.0679. The Morgan fingerprint density at radius 2 is 2.16 bits per heavy atom. The molecule has 104 valence electrons. The molecular weight excluding hydrogens is 238 g/mol. The molecule has 0 amide bonds. The van der Waals surface area contributed by atoms with Crippen molar-refractivity contribution in [2.75, 3.05) is 0 Å². The third-order valence-electron chi connectivity index (χ3n) is 4.67. The van der Waals surface area contributed by atoms with Crippen LogP contribution < -0.4 is 0 Å². The fraction of sp³-hybridized carbons (Fsp3) is 0.688. The molecule has 1 atom stereocenters. The maximum Gasteiger partial charge on any atom is 0.161 e. The summed E-state index contributed by atoms with van der Waals surface area (Å²) in [6, 6.07) is 1.90.